The fraction of sp³-hybridized carbons (Fsp3) is 0.536. The highest BCUT2D eigenvalue weighted by Gasteiger charge is 2.46. The molecule has 2 aromatic carbocycles. The second kappa shape index (κ2) is 9.76. The molecule has 0 saturated heterocycles. The number of esters is 1. The van der Waals surface area contributed by atoms with Crippen molar-refractivity contribution >= 4 is 5.97 Å². The Hall–Kier alpha value is -2.17. The predicted octanol–water partition coefficient (Wildman–Crippen LogP) is 5.71. The summed E-state index contributed by atoms with van der Waals surface area (Å²) in [6.07, 6.45) is 4.59. The van der Waals surface area contributed by atoms with Gasteiger partial charge in [-0.05, 0) is 74.8 Å². The molecule has 0 spiro atoms. The molecule has 2 aromatic rings. The number of rotatable bonds is 7. The maximum atomic E-state index is 12.9. The van der Waals surface area contributed by atoms with Crippen molar-refractivity contribution in [2.75, 3.05) is 0 Å². The Morgan fingerprint density at radius 1 is 1.16 bits per heavy atom. The Balaban J connectivity index is 1.76. The van der Waals surface area contributed by atoms with Crippen LogP contribution in [0.4, 0.5) is 0 Å². The van der Waals surface area contributed by atoms with Gasteiger partial charge in [0.05, 0.1) is 11.5 Å². The summed E-state index contributed by atoms with van der Waals surface area (Å²) in [5.74, 6) is 0.325. The number of aliphatic hydroxyl groups is 1. The Kier molecular flexibility index (Phi) is 7.46. The van der Waals surface area contributed by atoms with Gasteiger partial charge in [0, 0.05) is 11.5 Å². The summed E-state index contributed by atoms with van der Waals surface area (Å²) in [7, 11) is 0. The van der Waals surface area contributed by atoms with Gasteiger partial charge in [0.2, 0.25) is 0 Å². The minimum Gasteiger partial charge on any atom is -0.426 e. The van der Waals surface area contributed by atoms with E-state index in [4.69, 9.17) is 10.5 Å². The summed E-state index contributed by atoms with van der Waals surface area (Å²) in [5.41, 5.74) is 7.91. The molecule has 4 heteroatoms. The Labute approximate surface area is 193 Å². The molecule has 0 radical (unpaired) electrons. The van der Waals surface area contributed by atoms with Gasteiger partial charge in [0.25, 0.3) is 0 Å². The number of nitrogens with two attached hydrogens (primary N) is 1. The molecule has 1 fully saturated rings. The van der Waals surface area contributed by atoms with E-state index in [2.05, 4.69) is 26.0 Å². The Morgan fingerprint density at radius 2 is 1.84 bits per heavy atom. The van der Waals surface area contributed by atoms with Crippen molar-refractivity contribution < 1.29 is 14.6 Å². The maximum absolute atomic E-state index is 12.9. The monoisotopic (exact) mass is 437 g/mol. The first-order chi connectivity index (χ1) is 15.0. The number of ether oxygens (including phenoxy) is 1. The second-order valence-electron chi connectivity index (χ2n) is 10.6. The van der Waals surface area contributed by atoms with Gasteiger partial charge in [0.1, 0.15) is 5.75 Å². The third kappa shape index (κ3) is 5.60. The lowest BCUT2D eigenvalue weighted by molar-refractivity contribution is -0.135. The Morgan fingerprint density at radius 3 is 2.47 bits per heavy atom. The van der Waals surface area contributed by atoms with E-state index in [-0.39, 0.29) is 17.8 Å². The van der Waals surface area contributed by atoms with Crippen molar-refractivity contribution in [3.8, 4) is 5.75 Å². The molecule has 3 unspecified atom stereocenters. The topological polar surface area (TPSA) is 72.5 Å². The first-order valence-electron chi connectivity index (χ1n) is 11.9. The van der Waals surface area contributed by atoms with Crippen LogP contribution in [0.25, 0.3) is 0 Å². The van der Waals surface area contributed by atoms with E-state index in [9.17, 15) is 9.90 Å². The number of benzene rings is 2. The molecular weight excluding hydrogens is 398 g/mol. The molecule has 0 bridgehead atoms. The fourth-order valence-corrected chi connectivity index (χ4v) is 5.07. The standard InChI is InChI=1S/C28H39NO3/c1-19(2)17-21-12-14-22(15-13-21)20(3)26(30)32-24-10-8-9-23(18-24)28(31)16-7-6-11-25(28)27(4,5)29/h8-10,12-15,18-20,25,31H,6-7,11,16-17,29H2,1-5H3. The van der Waals surface area contributed by atoms with Crippen LogP contribution in [0, 0.1) is 11.8 Å². The molecule has 174 valence electrons. The van der Waals surface area contributed by atoms with Crippen molar-refractivity contribution in [1.29, 1.82) is 0 Å². The molecule has 1 saturated carbocycles. The van der Waals surface area contributed by atoms with E-state index < -0.39 is 11.1 Å². The predicted molar refractivity (Wildman–Crippen MR) is 130 cm³/mol. The smallest absolute Gasteiger partial charge is 0.318 e. The van der Waals surface area contributed by atoms with Crippen LogP contribution >= 0.6 is 0 Å². The molecule has 3 atom stereocenters. The quantitative estimate of drug-likeness (QED) is 0.430. The third-order valence-electron chi connectivity index (χ3n) is 6.80. The van der Waals surface area contributed by atoms with Crippen molar-refractivity contribution in [3.05, 3.63) is 65.2 Å². The van der Waals surface area contributed by atoms with Crippen LogP contribution < -0.4 is 10.5 Å². The fourth-order valence-electron chi connectivity index (χ4n) is 5.07. The largest absolute Gasteiger partial charge is 0.426 e. The van der Waals surface area contributed by atoms with Gasteiger partial charge in [-0.3, -0.25) is 4.79 Å². The molecule has 1 aliphatic carbocycles. The van der Waals surface area contributed by atoms with Crippen LogP contribution in [-0.4, -0.2) is 16.6 Å². The van der Waals surface area contributed by atoms with Crippen LogP contribution in [0.1, 0.15) is 82.9 Å². The van der Waals surface area contributed by atoms with E-state index >= 15 is 0 Å². The van der Waals surface area contributed by atoms with Crippen LogP contribution in [0.3, 0.4) is 0 Å². The summed E-state index contributed by atoms with van der Waals surface area (Å²) in [4.78, 5) is 12.9. The van der Waals surface area contributed by atoms with Gasteiger partial charge in [-0.25, -0.2) is 0 Å². The summed E-state index contributed by atoms with van der Waals surface area (Å²) >= 11 is 0. The van der Waals surface area contributed by atoms with E-state index in [0.717, 1.165) is 36.8 Å². The first-order valence-corrected chi connectivity index (χ1v) is 11.9. The molecule has 0 aromatic heterocycles. The average Bonchev–Trinajstić information content (AvgIpc) is 2.73. The normalized spacial score (nSPS) is 22.6. The highest BCUT2D eigenvalue weighted by molar-refractivity contribution is 5.80. The van der Waals surface area contributed by atoms with Crippen molar-refractivity contribution in [2.24, 2.45) is 17.6 Å². The van der Waals surface area contributed by atoms with Crippen LogP contribution in [-0.2, 0) is 16.8 Å². The molecule has 4 nitrogen and oxygen atoms in total. The molecule has 32 heavy (non-hydrogen) atoms. The zero-order valence-corrected chi connectivity index (χ0v) is 20.2. The lowest BCUT2D eigenvalue weighted by Gasteiger charge is -2.47. The summed E-state index contributed by atoms with van der Waals surface area (Å²) in [6.45, 7) is 10.2. The lowest BCUT2D eigenvalue weighted by Crippen LogP contribution is -2.53. The first kappa shape index (κ1) is 24.5. The highest BCUT2D eigenvalue weighted by atomic mass is 16.5. The molecular formula is C28H39NO3. The van der Waals surface area contributed by atoms with Gasteiger partial charge in [-0.15, -0.1) is 0 Å². The zero-order chi connectivity index (χ0) is 23.5. The summed E-state index contributed by atoms with van der Waals surface area (Å²) in [5, 5.41) is 11.7. The Bertz CT molecular complexity index is 913. The minimum atomic E-state index is -1.02. The lowest BCUT2D eigenvalue weighted by atomic mass is 9.64. The highest BCUT2D eigenvalue weighted by Crippen LogP contribution is 2.46. The number of hydrogen-bond donors (Lipinski definition) is 2. The molecule has 3 N–H and O–H groups in total. The van der Waals surface area contributed by atoms with Crippen LogP contribution in [0.2, 0.25) is 0 Å². The van der Waals surface area contributed by atoms with Crippen molar-refractivity contribution in [2.45, 2.75) is 83.8 Å². The van der Waals surface area contributed by atoms with Gasteiger partial charge in [-0.1, -0.05) is 63.1 Å². The molecule has 0 aliphatic heterocycles. The van der Waals surface area contributed by atoms with Gasteiger partial charge in [-0.2, -0.15) is 0 Å². The van der Waals surface area contributed by atoms with Gasteiger partial charge >= 0.3 is 5.97 Å². The summed E-state index contributed by atoms with van der Waals surface area (Å²) in [6, 6.07) is 15.5. The average molecular weight is 438 g/mol. The van der Waals surface area contributed by atoms with E-state index in [1.165, 1.54) is 5.56 Å². The minimum absolute atomic E-state index is 0.0574. The van der Waals surface area contributed by atoms with Crippen LogP contribution in [0.15, 0.2) is 48.5 Å². The number of carbonyl (C=O) groups excluding carboxylic acids is 1. The zero-order valence-electron chi connectivity index (χ0n) is 20.2. The van der Waals surface area contributed by atoms with E-state index in [1.807, 2.05) is 45.0 Å². The van der Waals surface area contributed by atoms with Gasteiger partial charge < -0.3 is 15.6 Å². The van der Waals surface area contributed by atoms with Gasteiger partial charge in [0.15, 0.2) is 0 Å². The molecule has 0 amide bonds. The van der Waals surface area contributed by atoms with Crippen molar-refractivity contribution in [3.63, 3.8) is 0 Å². The molecule has 3 rings (SSSR count). The molecule has 0 heterocycles. The van der Waals surface area contributed by atoms with Crippen molar-refractivity contribution in [1.82, 2.24) is 0 Å². The van der Waals surface area contributed by atoms with E-state index in [1.54, 1.807) is 12.1 Å². The van der Waals surface area contributed by atoms with E-state index in [0.29, 0.717) is 18.1 Å². The van der Waals surface area contributed by atoms with Crippen LogP contribution in [0.5, 0.6) is 5.75 Å². The summed E-state index contributed by atoms with van der Waals surface area (Å²) < 4.78 is 5.74. The SMILES string of the molecule is CC(C)Cc1ccc(C(C)C(=O)Oc2cccc(C3(O)CCCCC3C(C)(C)N)c2)cc1. The third-order valence-corrected chi connectivity index (χ3v) is 6.80. The second-order valence-corrected chi connectivity index (χ2v) is 10.6. The number of hydrogen-bond acceptors (Lipinski definition) is 4. The maximum Gasteiger partial charge on any atom is 0.318 e. The molecule has 1 aliphatic rings. The number of carbonyl (C=O) groups is 1.